The van der Waals surface area contributed by atoms with Gasteiger partial charge in [0.2, 0.25) is 0 Å². The van der Waals surface area contributed by atoms with Gasteiger partial charge in [-0.25, -0.2) is 4.79 Å². The fourth-order valence-electron chi connectivity index (χ4n) is 12.2. The van der Waals surface area contributed by atoms with Gasteiger partial charge >= 0.3 is 11.9 Å². The predicted molar refractivity (Wildman–Crippen MR) is 158 cm³/mol. The lowest BCUT2D eigenvalue weighted by molar-refractivity contribution is -0.297. The molecule has 7 rings (SSSR count). The second-order valence-corrected chi connectivity index (χ2v) is 14.1. The van der Waals surface area contributed by atoms with Crippen LogP contribution in [0.15, 0.2) is 30.3 Å². The summed E-state index contributed by atoms with van der Waals surface area (Å²) in [6.07, 6.45) is -0.424. The fraction of sp³-hybridized carbons (Fsp3) is 0.765. The van der Waals surface area contributed by atoms with Gasteiger partial charge in [0.1, 0.15) is 11.7 Å². The number of carbonyl (C=O) groups excluding carboxylic acids is 2. The number of nitrogens with zero attached hydrogens (tertiary/aromatic N) is 1. The third-order valence-corrected chi connectivity index (χ3v) is 13.0. The van der Waals surface area contributed by atoms with E-state index in [0.717, 1.165) is 13.0 Å². The Hall–Kier alpha value is -2.08. The summed E-state index contributed by atoms with van der Waals surface area (Å²) in [5.74, 6) is -1.57. The van der Waals surface area contributed by atoms with E-state index < -0.39 is 28.6 Å². The molecule has 0 radical (unpaired) electrons. The highest BCUT2D eigenvalue weighted by Crippen LogP contribution is 2.80. The van der Waals surface area contributed by atoms with Crippen LogP contribution in [0, 0.1) is 40.4 Å². The van der Waals surface area contributed by atoms with E-state index in [9.17, 15) is 14.7 Å². The molecule has 242 valence electrons. The average Bonchev–Trinajstić information content (AvgIpc) is 3.44. The van der Waals surface area contributed by atoms with E-state index in [1.165, 1.54) is 6.92 Å². The highest BCUT2D eigenvalue weighted by Gasteiger charge is 2.89. The second kappa shape index (κ2) is 10.7. The largest absolute Gasteiger partial charge is 0.458 e. The van der Waals surface area contributed by atoms with Gasteiger partial charge in [-0.3, -0.25) is 9.69 Å². The van der Waals surface area contributed by atoms with Gasteiger partial charge in [-0.1, -0.05) is 25.1 Å². The fourth-order valence-corrected chi connectivity index (χ4v) is 12.2. The minimum atomic E-state index is -1.01. The smallest absolute Gasteiger partial charge is 0.338 e. The number of ether oxygens (including phenoxy) is 6. The molecule has 6 aliphatic rings. The Morgan fingerprint density at radius 3 is 2.36 bits per heavy atom. The van der Waals surface area contributed by atoms with Crippen molar-refractivity contribution in [3.05, 3.63) is 35.9 Å². The molecule has 1 aromatic rings. The number of hydrogen-bond acceptors (Lipinski definition) is 10. The Balaban J connectivity index is 1.48. The first kappa shape index (κ1) is 30.6. The van der Waals surface area contributed by atoms with E-state index in [1.54, 1.807) is 40.6 Å². The molecule has 1 aliphatic heterocycles. The topological polar surface area (TPSA) is 113 Å². The predicted octanol–water partition coefficient (Wildman–Crippen LogP) is 2.56. The summed E-state index contributed by atoms with van der Waals surface area (Å²) < 4.78 is 38.3. The number of methoxy groups -OCH3 is 4. The van der Waals surface area contributed by atoms with Crippen molar-refractivity contribution >= 4 is 11.9 Å². The summed E-state index contributed by atoms with van der Waals surface area (Å²) in [6.45, 7) is 5.40. The third kappa shape index (κ3) is 3.64. The number of rotatable bonds is 9. The number of hydrogen-bond donors (Lipinski definition) is 1. The Kier molecular flexibility index (Phi) is 7.46. The van der Waals surface area contributed by atoms with Crippen LogP contribution in [0.2, 0.25) is 0 Å². The maximum absolute atomic E-state index is 13.7. The molecule has 6 fully saturated rings. The second-order valence-electron chi connectivity index (χ2n) is 14.1. The van der Waals surface area contributed by atoms with Gasteiger partial charge in [-0.2, -0.15) is 0 Å². The zero-order valence-corrected chi connectivity index (χ0v) is 26.6. The van der Waals surface area contributed by atoms with E-state index in [2.05, 4.69) is 11.8 Å². The first-order valence-corrected chi connectivity index (χ1v) is 16.1. The monoisotopic (exact) mass is 613 g/mol. The maximum atomic E-state index is 13.7. The molecular weight excluding hydrogens is 566 g/mol. The minimum Gasteiger partial charge on any atom is -0.458 e. The summed E-state index contributed by atoms with van der Waals surface area (Å²) in [4.78, 5) is 29.4. The first-order valence-electron chi connectivity index (χ1n) is 16.1. The van der Waals surface area contributed by atoms with E-state index >= 15 is 0 Å². The number of carbonyl (C=O) groups is 2. The molecule has 5 saturated carbocycles. The Bertz CT molecular complexity index is 1280. The van der Waals surface area contributed by atoms with Crippen LogP contribution >= 0.6 is 0 Å². The molecule has 1 spiro atoms. The first-order chi connectivity index (χ1) is 21.2. The maximum Gasteiger partial charge on any atom is 0.338 e. The summed E-state index contributed by atoms with van der Waals surface area (Å²) >= 11 is 0. The van der Waals surface area contributed by atoms with E-state index in [4.69, 9.17) is 28.4 Å². The van der Waals surface area contributed by atoms with Crippen LogP contribution in [0.1, 0.15) is 43.5 Å². The molecule has 14 atom stereocenters. The lowest BCUT2D eigenvalue weighted by Gasteiger charge is -2.70. The minimum absolute atomic E-state index is 0.0367. The van der Waals surface area contributed by atoms with Crippen LogP contribution in [-0.2, 0) is 33.2 Å². The summed E-state index contributed by atoms with van der Waals surface area (Å²) in [5.41, 5.74) is -1.61. The third-order valence-electron chi connectivity index (χ3n) is 13.0. The summed E-state index contributed by atoms with van der Waals surface area (Å²) in [5, 5.41) is 12.0. The lowest BCUT2D eigenvalue weighted by atomic mass is 9.42. The van der Waals surface area contributed by atoms with Gasteiger partial charge in [0, 0.05) is 95.3 Å². The Morgan fingerprint density at radius 2 is 1.75 bits per heavy atom. The standard InChI is InChI=1S/C34H47NO9/c1-7-35-16-32(17-39-3)23(37)14-24(41-5)34-21-13-20-22(40-4)15-33(44-18(2)36,26(30(34)35)28(42-6)29(32)34)25(21)27(20)43-31(38)19-11-9-8-10-12-19/h8-12,20-30,37H,7,13-17H2,1-6H3/t20?,21-,22+,23-,24+,25-,26+,27+,28+,29-,30?,32+,33-,34+/m1/s1. The molecule has 10 nitrogen and oxygen atoms in total. The molecule has 2 unspecified atom stereocenters. The Labute approximate surface area is 259 Å². The SMILES string of the molecule is CCN1C[C@]2(COC)[C@H](O)C[C@H](OC)[C@]34C1[C@H]([C@H](OC)[C@H]23)[C@@]1(OC(C)=O)C[C@H](OC)C2C[C@@H]4[C@@H]1[C@H]2OC(=O)c1ccccc1. The van der Waals surface area contributed by atoms with Crippen LogP contribution < -0.4 is 0 Å². The number of esters is 2. The van der Waals surface area contributed by atoms with Crippen molar-refractivity contribution < 1.29 is 43.1 Å². The number of likely N-dealkylation sites (tertiary alicyclic amines) is 1. The summed E-state index contributed by atoms with van der Waals surface area (Å²) in [7, 11) is 6.88. The van der Waals surface area contributed by atoms with Gasteiger partial charge in [-0.15, -0.1) is 0 Å². The van der Waals surface area contributed by atoms with Crippen molar-refractivity contribution in [2.24, 2.45) is 40.4 Å². The molecule has 7 bridgehead atoms. The van der Waals surface area contributed by atoms with Crippen LogP contribution in [0.25, 0.3) is 0 Å². The van der Waals surface area contributed by atoms with Crippen LogP contribution in [0.5, 0.6) is 0 Å². The zero-order valence-electron chi connectivity index (χ0n) is 26.6. The van der Waals surface area contributed by atoms with Crippen molar-refractivity contribution in [2.45, 2.75) is 75.3 Å². The van der Waals surface area contributed by atoms with Gasteiger partial charge in [-0.05, 0) is 31.0 Å². The van der Waals surface area contributed by atoms with Crippen molar-refractivity contribution in [1.29, 1.82) is 0 Å². The molecule has 1 heterocycles. The highest BCUT2D eigenvalue weighted by atomic mass is 16.6. The molecule has 10 heteroatoms. The number of fused-ring (bicyclic) bond motifs is 2. The van der Waals surface area contributed by atoms with E-state index in [0.29, 0.717) is 31.6 Å². The molecule has 5 aliphatic carbocycles. The van der Waals surface area contributed by atoms with Crippen LogP contribution in [-0.4, -0.2) is 112 Å². The zero-order chi connectivity index (χ0) is 31.2. The molecular formula is C34H47NO9. The van der Waals surface area contributed by atoms with E-state index in [1.807, 2.05) is 18.2 Å². The summed E-state index contributed by atoms with van der Waals surface area (Å²) in [6, 6.07) is 9.02. The molecule has 1 aromatic carbocycles. The van der Waals surface area contributed by atoms with E-state index in [-0.39, 0.29) is 65.9 Å². The van der Waals surface area contributed by atoms with Gasteiger partial charge in [0.25, 0.3) is 0 Å². The number of aliphatic hydroxyl groups excluding tert-OH is 1. The highest BCUT2D eigenvalue weighted by molar-refractivity contribution is 5.89. The van der Waals surface area contributed by atoms with Gasteiger partial charge in [0.15, 0.2) is 0 Å². The molecule has 0 amide bonds. The van der Waals surface area contributed by atoms with Crippen molar-refractivity contribution in [3.8, 4) is 0 Å². The van der Waals surface area contributed by atoms with Crippen molar-refractivity contribution in [3.63, 3.8) is 0 Å². The number of piperidine rings is 1. The quantitative estimate of drug-likeness (QED) is 0.417. The van der Waals surface area contributed by atoms with Crippen molar-refractivity contribution in [2.75, 3.05) is 48.1 Å². The molecule has 0 aromatic heterocycles. The average molecular weight is 614 g/mol. The van der Waals surface area contributed by atoms with Gasteiger partial charge < -0.3 is 33.5 Å². The molecule has 1 N–H and O–H groups in total. The number of aliphatic hydroxyl groups is 1. The van der Waals surface area contributed by atoms with Gasteiger partial charge in [0.05, 0.1) is 36.6 Å². The lowest BCUT2D eigenvalue weighted by Crippen LogP contribution is -2.79. The van der Waals surface area contributed by atoms with Crippen LogP contribution in [0.4, 0.5) is 0 Å². The molecule has 44 heavy (non-hydrogen) atoms. The molecule has 1 saturated heterocycles. The normalized spacial score (nSPS) is 48.2. The van der Waals surface area contributed by atoms with Crippen LogP contribution in [0.3, 0.4) is 0 Å². The van der Waals surface area contributed by atoms with Crippen molar-refractivity contribution in [1.82, 2.24) is 4.90 Å². The number of benzene rings is 1. The Morgan fingerprint density at radius 1 is 1.00 bits per heavy atom.